The van der Waals surface area contributed by atoms with Crippen molar-refractivity contribution in [3.8, 4) is 10.6 Å². The largest absolute Gasteiger partial charge is 0.302 e. The topological polar surface area (TPSA) is 42.0 Å². The molecule has 2 unspecified atom stereocenters. The van der Waals surface area contributed by atoms with Gasteiger partial charge in [0.15, 0.2) is 5.13 Å². The molecule has 0 saturated heterocycles. The van der Waals surface area contributed by atoms with E-state index < -0.39 is 0 Å². The molecule has 3 aromatic rings. The van der Waals surface area contributed by atoms with Crippen molar-refractivity contribution in [2.45, 2.75) is 19.3 Å². The minimum atomic E-state index is -0.250. The lowest BCUT2D eigenvalue weighted by Gasteiger charge is -2.02. The first kappa shape index (κ1) is 15.5. The Kier molecular flexibility index (Phi) is 3.94. The second kappa shape index (κ2) is 6.11. The van der Waals surface area contributed by atoms with Crippen LogP contribution in [0.2, 0.25) is 0 Å². The lowest BCUT2D eigenvalue weighted by atomic mass is 10.1. The van der Waals surface area contributed by atoms with Gasteiger partial charge in [-0.05, 0) is 49.1 Å². The molecule has 6 heteroatoms. The summed E-state index contributed by atoms with van der Waals surface area (Å²) in [4.78, 5) is 19.2. The Morgan fingerprint density at radius 2 is 2.04 bits per heavy atom. The Labute approximate surface area is 147 Å². The van der Waals surface area contributed by atoms with Gasteiger partial charge in [-0.3, -0.25) is 4.79 Å². The Bertz CT molecular complexity index is 885. The highest BCUT2D eigenvalue weighted by molar-refractivity contribution is 7.17. The van der Waals surface area contributed by atoms with Crippen LogP contribution in [0.1, 0.15) is 22.8 Å². The highest BCUT2D eigenvalue weighted by Gasteiger charge is 2.44. The van der Waals surface area contributed by atoms with Crippen LogP contribution in [0.5, 0.6) is 0 Å². The van der Waals surface area contributed by atoms with E-state index in [1.807, 2.05) is 11.4 Å². The predicted octanol–water partition coefficient (Wildman–Crippen LogP) is 5.06. The summed E-state index contributed by atoms with van der Waals surface area (Å²) in [6.07, 6.45) is 0.805. The first-order valence-corrected chi connectivity index (χ1v) is 9.38. The molecule has 1 amide bonds. The maximum Gasteiger partial charge on any atom is 0.229 e. The Morgan fingerprint density at radius 3 is 2.75 bits per heavy atom. The quantitative estimate of drug-likeness (QED) is 0.708. The maximum atomic E-state index is 13.0. The van der Waals surface area contributed by atoms with Crippen molar-refractivity contribution in [2.24, 2.45) is 5.92 Å². The number of thiazole rings is 1. The number of nitrogens with zero attached hydrogens (tertiary/aromatic N) is 1. The van der Waals surface area contributed by atoms with Gasteiger partial charge in [-0.25, -0.2) is 9.37 Å². The molecular formula is C18H15FN2OS2. The monoisotopic (exact) mass is 358 g/mol. The van der Waals surface area contributed by atoms with Crippen molar-refractivity contribution in [1.29, 1.82) is 0 Å². The normalized spacial score (nSPS) is 19.2. The number of aryl methyl sites for hydroxylation is 1. The number of thiophene rings is 1. The van der Waals surface area contributed by atoms with Gasteiger partial charge < -0.3 is 5.32 Å². The van der Waals surface area contributed by atoms with Crippen molar-refractivity contribution in [3.63, 3.8) is 0 Å². The van der Waals surface area contributed by atoms with Crippen LogP contribution in [0.4, 0.5) is 9.52 Å². The molecule has 0 radical (unpaired) electrons. The SMILES string of the molecule is Cc1ccc(-c2csc(NC(=O)C3CC3c3ccc(F)cc3)n2)s1. The zero-order valence-corrected chi connectivity index (χ0v) is 14.6. The third-order valence-corrected chi connectivity index (χ3v) is 5.93. The van der Waals surface area contributed by atoms with E-state index in [0.29, 0.717) is 5.13 Å². The van der Waals surface area contributed by atoms with Crippen LogP contribution < -0.4 is 5.32 Å². The van der Waals surface area contributed by atoms with Gasteiger partial charge in [0.2, 0.25) is 5.91 Å². The highest BCUT2D eigenvalue weighted by atomic mass is 32.1. The summed E-state index contributed by atoms with van der Waals surface area (Å²) in [7, 11) is 0. The number of anilines is 1. The summed E-state index contributed by atoms with van der Waals surface area (Å²) >= 11 is 3.13. The fraction of sp³-hybridized carbons (Fsp3) is 0.222. The third-order valence-electron chi connectivity index (χ3n) is 4.15. The van der Waals surface area contributed by atoms with Crippen molar-refractivity contribution in [3.05, 3.63) is 58.0 Å². The van der Waals surface area contributed by atoms with Gasteiger partial charge in [0, 0.05) is 16.2 Å². The minimum absolute atomic E-state index is 0.00687. The molecule has 0 aliphatic heterocycles. The molecule has 2 atom stereocenters. The average Bonchev–Trinajstić information content (AvgIpc) is 3.03. The van der Waals surface area contributed by atoms with Crippen molar-refractivity contribution in [1.82, 2.24) is 4.98 Å². The summed E-state index contributed by atoms with van der Waals surface area (Å²) in [5.74, 6) is -0.121. The fourth-order valence-corrected chi connectivity index (χ4v) is 4.39. The van der Waals surface area contributed by atoms with E-state index in [0.717, 1.165) is 22.6 Å². The van der Waals surface area contributed by atoms with Gasteiger partial charge in [-0.2, -0.15) is 0 Å². The van der Waals surface area contributed by atoms with Crippen LogP contribution in [-0.4, -0.2) is 10.9 Å². The standard InChI is InChI=1S/C18H15FN2OS2/c1-10-2-7-16(24-10)15-9-23-18(20-15)21-17(22)14-8-13(14)11-3-5-12(19)6-4-11/h2-7,9,13-14H,8H2,1H3,(H,20,21,22). The van der Waals surface area contributed by atoms with Gasteiger partial charge in [-0.1, -0.05) is 12.1 Å². The Morgan fingerprint density at radius 1 is 1.25 bits per heavy atom. The molecule has 24 heavy (non-hydrogen) atoms. The molecule has 1 aliphatic rings. The molecule has 1 aliphatic carbocycles. The predicted molar refractivity (Wildman–Crippen MR) is 96.0 cm³/mol. The van der Waals surface area contributed by atoms with Crippen LogP contribution in [0.3, 0.4) is 0 Å². The number of carbonyl (C=O) groups is 1. The van der Waals surface area contributed by atoms with E-state index in [1.165, 1.54) is 28.3 Å². The van der Waals surface area contributed by atoms with E-state index in [4.69, 9.17) is 0 Å². The molecule has 0 bridgehead atoms. The average molecular weight is 358 g/mol. The Balaban J connectivity index is 1.40. The van der Waals surface area contributed by atoms with Gasteiger partial charge in [0.05, 0.1) is 10.6 Å². The number of amides is 1. The molecule has 1 aromatic carbocycles. The van der Waals surface area contributed by atoms with Crippen LogP contribution in [0.15, 0.2) is 41.8 Å². The number of hydrogen-bond acceptors (Lipinski definition) is 4. The summed E-state index contributed by atoms with van der Waals surface area (Å²) < 4.78 is 13.0. The van der Waals surface area contributed by atoms with Gasteiger partial charge in [0.25, 0.3) is 0 Å². The van der Waals surface area contributed by atoms with Crippen LogP contribution in [0, 0.1) is 18.7 Å². The number of nitrogens with one attached hydrogen (secondary N) is 1. The number of carbonyl (C=O) groups excluding carboxylic acids is 1. The molecule has 122 valence electrons. The van der Waals surface area contributed by atoms with Gasteiger partial charge >= 0.3 is 0 Å². The second-order valence-electron chi connectivity index (χ2n) is 5.94. The minimum Gasteiger partial charge on any atom is -0.302 e. The number of halogens is 1. The molecule has 1 fully saturated rings. The van der Waals surface area contributed by atoms with Crippen LogP contribution in [-0.2, 0) is 4.79 Å². The van der Waals surface area contributed by atoms with E-state index in [-0.39, 0.29) is 23.6 Å². The second-order valence-corrected chi connectivity index (χ2v) is 8.08. The molecule has 2 heterocycles. The van der Waals surface area contributed by atoms with Crippen LogP contribution >= 0.6 is 22.7 Å². The highest BCUT2D eigenvalue weighted by Crippen LogP contribution is 2.48. The molecule has 0 spiro atoms. The van der Waals surface area contributed by atoms with Gasteiger partial charge in [-0.15, -0.1) is 22.7 Å². The van der Waals surface area contributed by atoms with E-state index >= 15 is 0 Å². The third kappa shape index (κ3) is 3.12. The number of rotatable bonds is 4. The summed E-state index contributed by atoms with van der Waals surface area (Å²) in [6, 6.07) is 10.5. The van der Waals surface area contributed by atoms with E-state index in [9.17, 15) is 9.18 Å². The zero-order chi connectivity index (χ0) is 16.7. The fourth-order valence-electron chi connectivity index (χ4n) is 2.78. The summed E-state index contributed by atoms with van der Waals surface area (Å²) in [5.41, 5.74) is 1.92. The number of hydrogen-bond donors (Lipinski definition) is 1. The van der Waals surface area contributed by atoms with Crippen molar-refractivity contribution < 1.29 is 9.18 Å². The lowest BCUT2D eigenvalue weighted by molar-refractivity contribution is -0.117. The summed E-state index contributed by atoms with van der Waals surface area (Å²) in [6.45, 7) is 2.06. The van der Waals surface area contributed by atoms with E-state index in [1.54, 1.807) is 23.5 Å². The first-order valence-electron chi connectivity index (χ1n) is 7.69. The molecule has 4 rings (SSSR count). The smallest absolute Gasteiger partial charge is 0.229 e. The van der Waals surface area contributed by atoms with Crippen LogP contribution in [0.25, 0.3) is 10.6 Å². The lowest BCUT2D eigenvalue weighted by Crippen LogP contribution is -2.14. The molecule has 3 nitrogen and oxygen atoms in total. The van der Waals surface area contributed by atoms with Crippen molar-refractivity contribution >= 4 is 33.7 Å². The van der Waals surface area contributed by atoms with E-state index in [2.05, 4.69) is 23.3 Å². The Hall–Kier alpha value is -2.05. The first-order chi connectivity index (χ1) is 11.6. The summed E-state index contributed by atoms with van der Waals surface area (Å²) in [5, 5.41) is 5.50. The molecule has 1 saturated carbocycles. The molecular weight excluding hydrogens is 343 g/mol. The van der Waals surface area contributed by atoms with Gasteiger partial charge in [0.1, 0.15) is 5.82 Å². The molecule has 2 aromatic heterocycles. The molecule has 1 N–H and O–H groups in total. The number of benzene rings is 1. The number of aromatic nitrogens is 1. The maximum absolute atomic E-state index is 13.0. The van der Waals surface area contributed by atoms with Crippen molar-refractivity contribution in [2.75, 3.05) is 5.32 Å². The zero-order valence-electron chi connectivity index (χ0n) is 13.0.